The van der Waals surface area contributed by atoms with E-state index in [9.17, 15) is 0 Å². The van der Waals surface area contributed by atoms with E-state index in [-0.39, 0.29) is 0 Å². The van der Waals surface area contributed by atoms with Gasteiger partial charge in [-0.3, -0.25) is 0 Å². The van der Waals surface area contributed by atoms with Crippen LogP contribution in [0, 0.1) is 0 Å². The molecule has 0 saturated carbocycles. The molecular weight excluding hydrogens is 260 g/mol. The Balaban J connectivity index is 2.19. The molecule has 0 saturated heterocycles. The lowest BCUT2D eigenvalue weighted by Gasteiger charge is -2.10. The number of hydrogen-bond acceptors (Lipinski definition) is 4. The van der Waals surface area contributed by atoms with Crippen LogP contribution in [-0.2, 0) is 0 Å². The fraction of sp³-hybridized carbons (Fsp3) is 0.143. The molecule has 2 aromatic rings. The minimum absolute atomic E-state index is 0.314. The van der Waals surface area contributed by atoms with E-state index in [1.165, 1.54) is 0 Å². The molecule has 1 heterocycles. The summed E-state index contributed by atoms with van der Waals surface area (Å²) in [6, 6.07) is 10.9. The first-order valence-electron chi connectivity index (χ1n) is 5.86. The Hall–Kier alpha value is -2.14. The molecule has 5 heteroatoms. The van der Waals surface area contributed by atoms with Gasteiger partial charge in [-0.15, -0.1) is 0 Å². The maximum atomic E-state index is 5.68. The molecule has 0 aliphatic rings. The maximum Gasteiger partial charge on any atom is 0.219 e. The maximum absolute atomic E-state index is 5.68. The van der Waals surface area contributed by atoms with Gasteiger partial charge in [0.05, 0.1) is 6.61 Å². The summed E-state index contributed by atoms with van der Waals surface area (Å²) in [4.78, 5) is 4.46. The highest BCUT2D eigenvalue weighted by molar-refractivity contribution is 7.80. The molecule has 1 aromatic carbocycles. The molecule has 0 unspecified atom stereocenters. The van der Waals surface area contributed by atoms with E-state index >= 15 is 0 Å². The van der Waals surface area contributed by atoms with Crippen molar-refractivity contribution in [2.24, 2.45) is 5.73 Å². The highest BCUT2D eigenvalue weighted by Crippen LogP contribution is 2.30. The second kappa shape index (κ2) is 6.15. The van der Waals surface area contributed by atoms with E-state index < -0.39 is 0 Å². The first kappa shape index (κ1) is 13.3. The third kappa shape index (κ3) is 3.42. The Morgan fingerprint density at radius 3 is 2.53 bits per heavy atom. The Bertz CT molecular complexity index is 570. The third-order valence-electron chi connectivity index (χ3n) is 2.38. The highest BCUT2D eigenvalue weighted by Gasteiger charge is 2.06. The highest BCUT2D eigenvalue weighted by atomic mass is 32.1. The van der Waals surface area contributed by atoms with Crippen molar-refractivity contribution >= 4 is 17.2 Å². The fourth-order valence-corrected chi connectivity index (χ4v) is 1.63. The molecule has 1 aromatic heterocycles. The van der Waals surface area contributed by atoms with Crippen molar-refractivity contribution in [1.82, 2.24) is 4.98 Å². The van der Waals surface area contributed by atoms with E-state index in [0.29, 0.717) is 34.5 Å². The van der Waals surface area contributed by atoms with Crippen molar-refractivity contribution < 1.29 is 9.47 Å². The molecule has 0 atom stereocenters. The number of hydrogen-bond donors (Lipinski definition) is 1. The standard InChI is InChI=1S/C14H14N2O2S/c1-2-17-11-5-3-4-6-12(11)18-13-8-7-10(9-16-13)14(15)19/h3-9H,2H2,1H3,(H2,15,19). The largest absolute Gasteiger partial charge is 0.490 e. The van der Waals surface area contributed by atoms with Gasteiger partial charge in [-0.25, -0.2) is 4.98 Å². The summed E-state index contributed by atoms with van der Waals surface area (Å²) in [6.45, 7) is 2.50. The van der Waals surface area contributed by atoms with Crippen LogP contribution in [0.5, 0.6) is 17.4 Å². The summed E-state index contributed by atoms with van der Waals surface area (Å²) in [5, 5.41) is 0. The lowest BCUT2D eigenvalue weighted by atomic mass is 10.3. The number of pyridine rings is 1. The van der Waals surface area contributed by atoms with E-state index in [1.54, 1.807) is 18.3 Å². The number of thiocarbonyl (C=S) groups is 1. The number of rotatable bonds is 5. The second-order valence-corrected chi connectivity index (χ2v) is 4.17. The van der Waals surface area contributed by atoms with Gasteiger partial charge in [-0.1, -0.05) is 24.4 Å². The second-order valence-electron chi connectivity index (χ2n) is 3.73. The Kier molecular flexibility index (Phi) is 4.30. The summed E-state index contributed by atoms with van der Waals surface area (Å²) >= 11 is 4.87. The van der Waals surface area contributed by atoms with Gasteiger partial charge in [-0.2, -0.15) is 0 Å². The van der Waals surface area contributed by atoms with E-state index in [4.69, 9.17) is 27.4 Å². The Morgan fingerprint density at radius 2 is 1.95 bits per heavy atom. The predicted octanol–water partition coefficient (Wildman–Crippen LogP) is 2.91. The zero-order chi connectivity index (χ0) is 13.7. The van der Waals surface area contributed by atoms with Gasteiger partial charge in [0, 0.05) is 17.8 Å². The van der Waals surface area contributed by atoms with Crippen molar-refractivity contribution in [2.45, 2.75) is 6.92 Å². The number of benzene rings is 1. The zero-order valence-electron chi connectivity index (χ0n) is 10.5. The summed E-state index contributed by atoms with van der Waals surface area (Å²) < 4.78 is 11.2. The molecule has 0 spiro atoms. The van der Waals surface area contributed by atoms with E-state index in [1.807, 2.05) is 31.2 Å². The summed E-state index contributed by atoms with van der Waals surface area (Å²) in [6.07, 6.45) is 1.58. The Morgan fingerprint density at radius 1 is 1.21 bits per heavy atom. The molecule has 4 nitrogen and oxygen atoms in total. The van der Waals surface area contributed by atoms with Crippen LogP contribution < -0.4 is 15.2 Å². The Labute approximate surface area is 117 Å². The van der Waals surface area contributed by atoms with Crippen LogP contribution in [0.3, 0.4) is 0 Å². The molecule has 2 rings (SSSR count). The molecule has 19 heavy (non-hydrogen) atoms. The van der Waals surface area contributed by atoms with Gasteiger partial charge in [-0.05, 0) is 25.1 Å². The monoisotopic (exact) mass is 274 g/mol. The van der Waals surface area contributed by atoms with E-state index in [0.717, 1.165) is 0 Å². The lowest BCUT2D eigenvalue weighted by molar-refractivity contribution is 0.319. The van der Waals surface area contributed by atoms with Crippen LogP contribution in [-0.4, -0.2) is 16.6 Å². The minimum atomic E-state index is 0.314. The molecule has 98 valence electrons. The van der Waals surface area contributed by atoms with Gasteiger partial charge in [0.15, 0.2) is 11.5 Å². The van der Waals surface area contributed by atoms with Crippen molar-refractivity contribution in [3.8, 4) is 17.4 Å². The molecule has 2 N–H and O–H groups in total. The fourth-order valence-electron chi connectivity index (χ4n) is 1.51. The molecule has 0 fully saturated rings. The quantitative estimate of drug-likeness (QED) is 0.850. The average molecular weight is 274 g/mol. The van der Waals surface area contributed by atoms with Crippen LogP contribution >= 0.6 is 12.2 Å². The van der Waals surface area contributed by atoms with Crippen LogP contribution in [0.25, 0.3) is 0 Å². The number of ether oxygens (including phenoxy) is 2. The van der Waals surface area contributed by atoms with Gasteiger partial charge in [0.1, 0.15) is 4.99 Å². The van der Waals surface area contributed by atoms with Crippen LogP contribution in [0.2, 0.25) is 0 Å². The zero-order valence-corrected chi connectivity index (χ0v) is 11.3. The van der Waals surface area contributed by atoms with Gasteiger partial charge < -0.3 is 15.2 Å². The summed E-state index contributed by atoms with van der Waals surface area (Å²) in [5.41, 5.74) is 6.22. The molecule has 0 radical (unpaired) electrons. The van der Waals surface area contributed by atoms with Gasteiger partial charge in [0.2, 0.25) is 5.88 Å². The van der Waals surface area contributed by atoms with Crippen molar-refractivity contribution in [3.63, 3.8) is 0 Å². The SMILES string of the molecule is CCOc1ccccc1Oc1ccc(C(N)=S)cn1. The molecule has 0 aliphatic carbocycles. The van der Waals surface area contributed by atoms with Gasteiger partial charge >= 0.3 is 0 Å². The average Bonchev–Trinajstić information content (AvgIpc) is 2.42. The number of nitrogens with zero attached hydrogens (tertiary/aromatic N) is 1. The molecular formula is C14H14N2O2S. The van der Waals surface area contributed by atoms with Crippen molar-refractivity contribution in [3.05, 3.63) is 48.2 Å². The number of para-hydroxylation sites is 2. The first-order chi connectivity index (χ1) is 9.20. The normalized spacial score (nSPS) is 9.95. The van der Waals surface area contributed by atoms with Crippen LogP contribution in [0.1, 0.15) is 12.5 Å². The minimum Gasteiger partial charge on any atom is -0.490 e. The van der Waals surface area contributed by atoms with Crippen molar-refractivity contribution in [1.29, 1.82) is 0 Å². The van der Waals surface area contributed by atoms with Gasteiger partial charge in [0.25, 0.3) is 0 Å². The number of aromatic nitrogens is 1. The third-order valence-corrected chi connectivity index (χ3v) is 2.62. The molecule has 0 amide bonds. The van der Waals surface area contributed by atoms with E-state index in [2.05, 4.69) is 4.98 Å². The predicted molar refractivity (Wildman–Crippen MR) is 77.8 cm³/mol. The molecule has 0 aliphatic heterocycles. The summed E-state index contributed by atoms with van der Waals surface area (Å²) in [7, 11) is 0. The lowest BCUT2D eigenvalue weighted by Crippen LogP contribution is -2.09. The van der Waals surface area contributed by atoms with Crippen molar-refractivity contribution in [2.75, 3.05) is 6.61 Å². The van der Waals surface area contributed by atoms with Crippen LogP contribution in [0.15, 0.2) is 42.6 Å². The smallest absolute Gasteiger partial charge is 0.219 e. The first-order valence-corrected chi connectivity index (χ1v) is 6.27. The van der Waals surface area contributed by atoms with Crippen LogP contribution in [0.4, 0.5) is 0 Å². The summed E-state index contributed by atoms with van der Waals surface area (Å²) in [5.74, 6) is 1.78. The topological polar surface area (TPSA) is 57.4 Å². The molecule has 0 bridgehead atoms. The number of nitrogens with two attached hydrogens (primary N) is 1.